The summed E-state index contributed by atoms with van der Waals surface area (Å²) in [6, 6.07) is 14.4. The standard InChI is InChI=1S/C22H18BrN3O3S/c1-14-13-30-22(24-14)26(16-6-3-2-4-7-16)19(27)8-5-11-25-20(28)17-10-9-15(23)12-18(17)21(25)29/h2-4,6-7,9-10,12-13H,5,8,11H2,1H3. The molecule has 1 aromatic heterocycles. The largest absolute Gasteiger partial charge is 0.274 e. The van der Waals surface area contributed by atoms with Crippen molar-refractivity contribution in [2.24, 2.45) is 0 Å². The molecule has 0 unspecified atom stereocenters. The molecule has 0 spiro atoms. The first-order valence-corrected chi connectivity index (χ1v) is 11.1. The number of aryl methyl sites for hydroxylation is 1. The minimum absolute atomic E-state index is 0.130. The Morgan fingerprint density at radius 1 is 1.10 bits per heavy atom. The van der Waals surface area contributed by atoms with E-state index >= 15 is 0 Å². The number of carbonyl (C=O) groups is 3. The van der Waals surface area contributed by atoms with Crippen LogP contribution in [-0.4, -0.2) is 34.2 Å². The second kappa shape index (κ2) is 8.49. The number of para-hydroxylation sites is 1. The summed E-state index contributed by atoms with van der Waals surface area (Å²) in [6.07, 6.45) is 0.559. The smallest absolute Gasteiger partial charge is 0.261 e. The number of thiazole rings is 1. The van der Waals surface area contributed by atoms with Crippen molar-refractivity contribution in [3.05, 3.63) is 75.2 Å². The first kappa shape index (κ1) is 20.4. The topological polar surface area (TPSA) is 70.6 Å². The third-order valence-corrected chi connectivity index (χ3v) is 6.20. The van der Waals surface area contributed by atoms with Gasteiger partial charge in [-0.3, -0.25) is 24.2 Å². The molecular formula is C22H18BrN3O3S. The van der Waals surface area contributed by atoms with Crippen LogP contribution in [0.1, 0.15) is 39.3 Å². The van der Waals surface area contributed by atoms with E-state index in [0.717, 1.165) is 15.9 Å². The number of amides is 3. The highest BCUT2D eigenvalue weighted by molar-refractivity contribution is 9.10. The van der Waals surface area contributed by atoms with Crippen molar-refractivity contribution >= 4 is 55.8 Å². The second-order valence-electron chi connectivity index (χ2n) is 6.89. The van der Waals surface area contributed by atoms with E-state index in [9.17, 15) is 14.4 Å². The zero-order valence-electron chi connectivity index (χ0n) is 16.2. The maximum absolute atomic E-state index is 13.1. The predicted molar refractivity (Wildman–Crippen MR) is 119 cm³/mol. The van der Waals surface area contributed by atoms with Crippen LogP contribution in [0.5, 0.6) is 0 Å². The van der Waals surface area contributed by atoms with Gasteiger partial charge in [-0.15, -0.1) is 11.3 Å². The van der Waals surface area contributed by atoms with Gasteiger partial charge in [0.15, 0.2) is 5.13 Å². The summed E-state index contributed by atoms with van der Waals surface area (Å²) in [6.45, 7) is 2.07. The van der Waals surface area contributed by atoms with Crippen LogP contribution < -0.4 is 4.90 Å². The average Bonchev–Trinajstić information content (AvgIpc) is 3.25. The van der Waals surface area contributed by atoms with Gasteiger partial charge in [0.05, 0.1) is 22.5 Å². The molecule has 1 aliphatic heterocycles. The third-order valence-electron chi connectivity index (χ3n) is 4.77. The Morgan fingerprint density at radius 2 is 1.83 bits per heavy atom. The van der Waals surface area contributed by atoms with Crippen LogP contribution in [0.4, 0.5) is 10.8 Å². The van der Waals surface area contributed by atoms with E-state index < -0.39 is 0 Å². The molecule has 0 saturated carbocycles. The molecule has 8 heteroatoms. The van der Waals surface area contributed by atoms with Crippen LogP contribution in [0, 0.1) is 6.92 Å². The van der Waals surface area contributed by atoms with E-state index in [4.69, 9.17) is 0 Å². The molecule has 3 amide bonds. The van der Waals surface area contributed by atoms with Gasteiger partial charge in [-0.05, 0) is 43.7 Å². The Labute approximate surface area is 186 Å². The zero-order valence-corrected chi connectivity index (χ0v) is 18.6. The average molecular weight is 484 g/mol. The lowest BCUT2D eigenvalue weighted by molar-refractivity contribution is -0.118. The van der Waals surface area contributed by atoms with Gasteiger partial charge < -0.3 is 0 Å². The van der Waals surface area contributed by atoms with Gasteiger partial charge in [-0.1, -0.05) is 34.1 Å². The number of aromatic nitrogens is 1. The molecule has 2 heterocycles. The van der Waals surface area contributed by atoms with Crippen molar-refractivity contribution in [3.8, 4) is 0 Å². The fourth-order valence-electron chi connectivity index (χ4n) is 3.35. The number of imide groups is 1. The molecule has 30 heavy (non-hydrogen) atoms. The Kier molecular flexibility index (Phi) is 5.78. The minimum Gasteiger partial charge on any atom is -0.274 e. The van der Waals surface area contributed by atoms with Crippen LogP contribution in [-0.2, 0) is 4.79 Å². The summed E-state index contributed by atoms with van der Waals surface area (Å²) in [5, 5.41) is 2.50. The summed E-state index contributed by atoms with van der Waals surface area (Å²) in [5.74, 6) is -0.764. The SMILES string of the molecule is Cc1csc(N(C(=O)CCCN2C(=O)c3ccc(Br)cc3C2=O)c2ccccc2)n1. The van der Waals surface area contributed by atoms with Crippen LogP contribution >= 0.6 is 27.3 Å². The summed E-state index contributed by atoms with van der Waals surface area (Å²) >= 11 is 4.73. The van der Waals surface area contributed by atoms with E-state index in [-0.39, 0.29) is 30.7 Å². The first-order valence-electron chi connectivity index (χ1n) is 9.41. The van der Waals surface area contributed by atoms with Crippen molar-refractivity contribution in [2.75, 3.05) is 11.4 Å². The van der Waals surface area contributed by atoms with Gasteiger partial charge in [0.2, 0.25) is 5.91 Å². The number of rotatable bonds is 6. The number of hydrogen-bond acceptors (Lipinski definition) is 5. The highest BCUT2D eigenvalue weighted by Crippen LogP contribution is 2.30. The van der Waals surface area contributed by atoms with Crippen LogP contribution in [0.25, 0.3) is 0 Å². The molecule has 0 radical (unpaired) electrons. The van der Waals surface area contributed by atoms with Gasteiger partial charge in [-0.2, -0.15) is 0 Å². The molecule has 0 atom stereocenters. The normalized spacial score (nSPS) is 12.9. The van der Waals surface area contributed by atoms with E-state index in [2.05, 4.69) is 20.9 Å². The van der Waals surface area contributed by atoms with Crippen molar-refractivity contribution in [1.29, 1.82) is 0 Å². The van der Waals surface area contributed by atoms with Gasteiger partial charge in [0.25, 0.3) is 11.8 Å². The quantitative estimate of drug-likeness (QED) is 0.464. The van der Waals surface area contributed by atoms with Crippen LogP contribution in [0.15, 0.2) is 58.4 Å². The third kappa shape index (κ3) is 3.93. The molecule has 2 aromatic carbocycles. The van der Waals surface area contributed by atoms with E-state index in [1.165, 1.54) is 16.2 Å². The van der Waals surface area contributed by atoms with Gasteiger partial charge in [0.1, 0.15) is 0 Å². The van der Waals surface area contributed by atoms with Crippen molar-refractivity contribution in [1.82, 2.24) is 9.88 Å². The fourth-order valence-corrected chi connectivity index (χ4v) is 4.55. The van der Waals surface area contributed by atoms with Crippen LogP contribution in [0.2, 0.25) is 0 Å². The van der Waals surface area contributed by atoms with E-state index in [1.54, 1.807) is 23.1 Å². The lowest BCUT2D eigenvalue weighted by atomic mass is 10.1. The number of hydrogen-bond donors (Lipinski definition) is 0. The maximum atomic E-state index is 13.1. The molecular weight excluding hydrogens is 466 g/mol. The van der Waals surface area contributed by atoms with Gasteiger partial charge in [-0.25, -0.2) is 4.98 Å². The van der Waals surface area contributed by atoms with E-state index in [1.807, 2.05) is 42.6 Å². The number of nitrogens with zero attached hydrogens (tertiary/aromatic N) is 3. The lowest BCUT2D eigenvalue weighted by Gasteiger charge is -2.21. The minimum atomic E-state index is -0.320. The fraction of sp³-hybridized carbons (Fsp3) is 0.182. The van der Waals surface area contributed by atoms with Gasteiger partial charge >= 0.3 is 0 Å². The number of anilines is 2. The van der Waals surface area contributed by atoms with Crippen LogP contribution in [0.3, 0.4) is 0 Å². The molecule has 152 valence electrons. The Morgan fingerprint density at radius 3 is 2.53 bits per heavy atom. The van der Waals surface area contributed by atoms with Gasteiger partial charge in [0, 0.05) is 22.8 Å². The lowest BCUT2D eigenvalue weighted by Crippen LogP contribution is -2.32. The summed E-state index contributed by atoms with van der Waals surface area (Å²) in [5.41, 5.74) is 2.38. The predicted octanol–water partition coefficient (Wildman–Crippen LogP) is 4.96. The zero-order chi connectivity index (χ0) is 21.3. The summed E-state index contributed by atoms with van der Waals surface area (Å²) < 4.78 is 0.747. The molecule has 0 fully saturated rings. The maximum Gasteiger partial charge on any atom is 0.261 e. The van der Waals surface area contributed by atoms with Crippen molar-refractivity contribution < 1.29 is 14.4 Å². The molecule has 3 aromatic rings. The molecule has 0 saturated heterocycles. The first-order chi connectivity index (χ1) is 14.5. The summed E-state index contributed by atoms with van der Waals surface area (Å²) in [7, 11) is 0. The second-order valence-corrected chi connectivity index (χ2v) is 8.64. The Bertz CT molecular complexity index is 1130. The van der Waals surface area contributed by atoms with E-state index in [0.29, 0.717) is 22.7 Å². The molecule has 6 nitrogen and oxygen atoms in total. The monoisotopic (exact) mass is 483 g/mol. The number of fused-ring (bicyclic) bond motifs is 1. The highest BCUT2D eigenvalue weighted by Gasteiger charge is 2.35. The highest BCUT2D eigenvalue weighted by atomic mass is 79.9. The molecule has 4 rings (SSSR count). The van der Waals surface area contributed by atoms with Crippen molar-refractivity contribution in [2.45, 2.75) is 19.8 Å². The molecule has 0 bridgehead atoms. The Hall–Kier alpha value is -2.84. The molecule has 0 N–H and O–H groups in total. The van der Waals surface area contributed by atoms with Crippen molar-refractivity contribution in [3.63, 3.8) is 0 Å². The molecule has 0 aliphatic carbocycles. The number of benzene rings is 2. The number of halogens is 1. The molecule has 1 aliphatic rings. The summed E-state index contributed by atoms with van der Waals surface area (Å²) in [4.78, 5) is 45.5. The Balaban J connectivity index is 1.46. The number of carbonyl (C=O) groups excluding carboxylic acids is 3.